The van der Waals surface area contributed by atoms with Crippen LogP contribution in [0, 0.1) is 24.2 Å². The highest BCUT2D eigenvalue weighted by Crippen LogP contribution is 2.13. The monoisotopic (exact) mass is 282 g/mol. The zero-order valence-corrected chi connectivity index (χ0v) is 12.9. The first kappa shape index (κ1) is 15.3. The maximum absolute atomic E-state index is 8.92. The maximum atomic E-state index is 8.92. The van der Waals surface area contributed by atoms with Crippen LogP contribution >= 0.6 is 0 Å². The number of nitrogens with one attached hydrogen (secondary N) is 1. The Hall–Kier alpha value is -2.12. The minimum absolute atomic E-state index is 0.634. The van der Waals surface area contributed by atoms with Crippen LogP contribution in [0.1, 0.15) is 36.4 Å². The van der Waals surface area contributed by atoms with Crippen molar-refractivity contribution in [3.63, 3.8) is 0 Å². The van der Waals surface area contributed by atoms with E-state index in [0.717, 1.165) is 31.0 Å². The number of aromatic nitrogens is 2. The quantitative estimate of drug-likeness (QED) is 0.886. The highest BCUT2D eigenvalue weighted by molar-refractivity contribution is 5.37. The smallest absolute Gasteiger partial charge is 0.122 e. The summed E-state index contributed by atoms with van der Waals surface area (Å²) in [6.45, 7) is 8.99. The molecule has 0 radical (unpaired) electrons. The van der Waals surface area contributed by atoms with Gasteiger partial charge in [0.25, 0.3) is 0 Å². The average Bonchev–Trinajstić information content (AvgIpc) is 2.88. The van der Waals surface area contributed by atoms with Gasteiger partial charge in [-0.3, -0.25) is 0 Å². The second-order valence-corrected chi connectivity index (χ2v) is 5.75. The van der Waals surface area contributed by atoms with Gasteiger partial charge in [0, 0.05) is 18.9 Å². The molecule has 0 unspecified atom stereocenters. The van der Waals surface area contributed by atoms with Crippen molar-refractivity contribution in [2.75, 3.05) is 6.54 Å². The number of hydrogen-bond donors (Lipinski definition) is 1. The van der Waals surface area contributed by atoms with E-state index in [4.69, 9.17) is 5.26 Å². The standard InChI is InChI=1S/C17H22N4/c1-13(2)10-19-11-17-20-6-7-21(17)12-16-5-4-15(9-18)8-14(16)3/h4-8,13,19H,10-12H2,1-3H3. The van der Waals surface area contributed by atoms with Crippen molar-refractivity contribution in [3.05, 3.63) is 53.1 Å². The Morgan fingerprint density at radius 3 is 2.86 bits per heavy atom. The molecule has 0 aliphatic carbocycles. The summed E-state index contributed by atoms with van der Waals surface area (Å²) < 4.78 is 2.15. The largest absolute Gasteiger partial charge is 0.329 e. The van der Waals surface area contributed by atoms with Crippen LogP contribution in [0.25, 0.3) is 0 Å². The topological polar surface area (TPSA) is 53.6 Å². The van der Waals surface area contributed by atoms with E-state index < -0.39 is 0 Å². The zero-order chi connectivity index (χ0) is 15.2. The molecule has 2 rings (SSSR count). The summed E-state index contributed by atoms with van der Waals surface area (Å²) in [4.78, 5) is 4.42. The van der Waals surface area contributed by atoms with Crippen molar-refractivity contribution in [2.24, 2.45) is 5.92 Å². The van der Waals surface area contributed by atoms with Gasteiger partial charge in [-0.1, -0.05) is 19.9 Å². The molecule has 2 aromatic rings. The van der Waals surface area contributed by atoms with Crippen LogP contribution in [0.5, 0.6) is 0 Å². The molecule has 1 N–H and O–H groups in total. The highest BCUT2D eigenvalue weighted by atomic mass is 15.1. The third kappa shape index (κ3) is 4.17. The lowest BCUT2D eigenvalue weighted by atomic mass is 10.1. The Bertz CT molecular complexity index is 634. The summed E-state index contributed by atoms with van der Waals surface area (Å²) in [6.07, 6.45) is 3.84. The van der Waals surface area contributed by atoms with Gasteiger partial charge in [-0.05, 0) is 42.6 Å². The van der Waals surface area contributed by atoms with Gasteiger partial charge in [0.1, 0.15) is 5.82 Å². The van der Waals surface area contributed by atoms with E-state index >= 15 is 0 Å². The van der Waals surface area contributed by atoms with Crippen LogP contribution in [0.15, 0.2) is 30.6 Å². The maximum Gasteiger partial charge on any atom is 0.122 e. The molecule has 0 spiro atoms. The van der Waals surface area contributed by atoms with Crippen molar-refractivity contribution in [3.8, 4) is 6.07 Å². The Balaban J connectivity index is 2.07. The molecule has 0 saturated heterocycles. The second kappa shape index (κ2) is 7.05. The summed E-state index contributed by atoms with van der Waals surface area (Å²) >= 11 is 0. The zero-order valence-electron chi connectivity index (χ0n) is 12.9. The lowest BCUT2D eigenvalue weighted by Crippen LogP contribution is -2.21. The first-order valence-electron chi connectivity index (χ1n) is 7.30. The molecule has 0 saturated carbocycles. The minimum Gasteiger partial charge on any atom is -0.329 e. The first-order chi connectivity index (χ1) is 10.1. The van der Waals surface area contributed by atoms with Gasteiger partial charge in [-0.25, -0.2) is 4.98 Å². The Morgan fingerprint density at radius 2 is 2.19 bits per heavy atom. The molecule has 4 heteroatoms. The van der Waals surface area contributed by atoms with E-state index in [-0.39, 0.29) is 0 Å². The van der Waals surface area contributed by atoms with Crippen molar-refractivity contribution in [2.45, 2.75) is 33.9 Å². The molecule has 0 atom stereocenters. The number of nitrogens with zero attached hydrogens (tertiary/aromatic N) is 3. The summed E-state index contributed by atoms with van der Waals surface area (Å²) in [5.41, 5.74) is 3.07. The molecular formula is C17H22N4. The van der Waals surface area contributed by atoms with E-state index in [1.165, 1.54) is 5.56 Å². The Labute approximate surface area is 126 Å². The third-order valence-corrected chi connectivity index (χ3v) is 3.45. The van der Waals surface area contributed by atoms with E-state index in [1.807, 2.05) is 37.5 Å². The number of rotatable bonds is 6. The second-order valence-electron chi connectivity index (χ2n) is 5.75. The molecular weight excluding hydrogens is 260 g/mol. The predicted molar refractivity (Wildman–Crippen MR) is 83.8 cm³/mol. The van der Waals surface area contributed by atoms with Crippen LogP contribution in [-0.4, -0.2) is 16.1 Å². The Kier molecular flexibility index (Phi) is 5.13. The van der Waals surface area contributed by atoms with E-state index in [2.05, 4.69) is 34.8 Å². The fourth-order valence-electron chi connectivity index (χ4n) is 2.25. The Morgan fingerprint density at radius 1 is 1.38 bits per heavy atom. The normalized spacial score (nSPS) is 10.8. The fraction of sp³-hybridized carbons (Fsp3) is 0.412. The summed E-state index contributed by atoms with van der Waals surface area (Å²) in [5, 5.41) is 12.3. The summed E-state index contributed by atoms with van der Waals surface area (Å²) in [7, 11) is 0. The lowest BCUT2D eigenvalue weighted by molar-refractivity contribution is 0.533. The van der Waals surface area contributed by atoms with Crippen LogP contribution in [0.2, 0.25) is 0 Å². The van der Waals surface area contributed by atoms with E-state index in [1.54, 1.807) is 0 Å². The van der Waals surface area contributed by atoms with Gasteiger partial charge in [-0.15, -0.1) is 0 Å². The lowest BCUT2D eigenvalue weighted by Gasteiger charge is -2.12. The van der Waals surface area contributed by atoms with Crippen molar-refractivity contribution < 1.29 is 0 Å². The highest BCUT2D eigenvalue weighted by Gasteiger charge is 2.06. The van der Waals surface area contributed by atoms with Gasteiger partial charge in [0.15, 0.2) is 0 Å². The van der Waals surface area contributed by atoms with Crippen LogP contribution < -0.4 is 5.32 Å². The predicted octanol–water partition coefficient (Wildman–Crippen LogP) is 2.86. The number of nitriles is 1. The van der Waals surface area contributed by atoms with Gasteiger partial charge in [-0.2, -0.15) is 5.26 Å². The molecule has 110 valence electrons. The summed E-state index contributed by atoms with van der Waals surface area (Å²) in [5.74, 6) is 1.67. The molecule has 21 heavy (non-hydrogen) atoms. The average molecular weight is 282 g/mol. The van der Waals surface area contributed by atoms with Crippen LogP contribution in [0.4, 0.5) is 0 Å². The number of aryl methyl sites for hydroxylation is 1. The van der Waals surface area contributed by atoms with Crippen LogP contribution in [-0.2, 0) is 13.1 Å². The van der Waals surface area contributed by atoms with E-state index in [0.29, 0.717) is 11.5 Å². The number of benzene rings is 1. The van der Waals surface area contributed by atoms with Gasteiger partial charge in [0.05, 0.1) is 18.2 Å². The molecule has 0 aliphatic rings. The first-order valence-corrected chi connectivity index (χ1v) is 7.30. The molecule has 1 aromatic heterocycles. The van der Waals surface area contributed by atoms with Gasteiger partial charge in [0.2, 0.25) is 0 Å². The molecule has 1 heterocycles. The van der Waals surface area contributed by atoms with Gasteiger partial charge >= 0.3 is 0 Å². The molecule has 4 nitrogen and oxygen atoms in total. The van der Waals surface area contributed by atoms with Gasteiger partial charge < -0.3 is 9.88 Å². The van der Waals surface area contributed by atoms with Crippen LogP contribution in [0.3, 0.4) is 0 Å². The van der Waals surface area contributed by atoms with Crippen molar-refractivity contribution >= 4 is 0 Å². The van der Waals surface area contributed by atoms with Crippen molar-refractivity contribution in [1.82, 2.24) is 14.9 Å². The molecule has 0 bridgehead atoms. The summed E-state index contributed by atoms with van der Waals surface area (Å²) in [6, 6.07) is 8.01. The molecule has 0 amide bonds. The van der Waals surface area contributed by atoms with Crippen molar-refractivity contribution in [1.29, 1.82) is 5.26 Å². The third-order valence-electron chi connectivity index (χ3n) is 3.45. The number of imidazole rings is 1. The fourth-order valence-corrected chi connectivity index (χ4v) is 2.25. The SMILES string of the molecule is Cc1cc(C#N)ccc1Cn1ccnc1CNCC(C)C. The molecule has 0 aliphatic heterocycles. The molecule has 0 fully saturated rings. The minimum atomic E-state index is 0.634. The molecule has 1 aromatic carbocycles. The van der Waals surface area contributed by atoms with E-state index in [9.17, 15) is 0 Å². The number of hydrogen-bond acceptors (Lipinski definition) is 3.